The second-order valence-electron chi connectivity index (χ2n) is 12.9. The van der Waals surface area contributed by atoms with Crippen molar-refractivity contribution in [3.05, 3.63) is 124 Å². The van der Waals surface area contributed by atoms with Crippen LogP contribution in [0.25, 0.3) is 28.6 Å². The monoisotopic (exact) mass is 609 g/mol. The van der Waals surface area contributed by atoms with Crippen LogP contribution in [0.4, 0.5) is 5.69 Å². The summed E-state index contributed by atoms with van der Waals surface area (Å²) >= 11 is 0. The first-order valence-corrected chi connectivity index (χ1v) is 17.2. The van der Waals surface area contributed by atoms with Gasteiger partial charge in [0.25, 0.3) is 0 Å². The van der Waals surface area contributed by atoms with E-state index >= 15 is 0 Å². The summed E-state index contributed by atoms with van der Waals surface area (Å²) in [7, 11) is 0. The van der Waals surface area contributed by atoms with Gasteiger partial charge in [-0.15, -0.1) is 0 Å². The van der Waals surface area contributed by atoms with E-state index in [0.29, 0.717) is 5.89 Å². The molecule has 1 aromatic heterocycles. The van der Waals surface area contributed by atoms with Crippen LogP contribution < -0.4 is 5.01 Å². The molecule has 0 bridgehead atoms. The van der Waals surface area contributed by atoms with Gasteiger partial charge in [0.15, 0.2) is 5.58 Å². The van der Waals surface area contributed by atoms with Crippen LogP contribution in [0.1, 0.15) is 98.2 Å². The van der Waals surface area contributed by atoms with Gasteiger partial charge in [0, 0.05) is 12.0 Å². The van der Waals surface area contributed by atoms with E-state index in [4.69, 9.17) is 14.5 Å². The number of fused-ring (bicyclic) bond motifs is 1. The maximum atomic E-state index is 6.50. The number of hydrazone groups is 1. The van der Waals surface area contributed by atoms with Crippen molar-refractivity contribution in [2.45, 2.75) is 91.5 Å². The summed E-state index contributed by atoms with van der Waals surface area (Å²) in [6.45, 7) is 8.77. The molecular weight excluding hydrogens is 562 g/mol. The molecule has 5 aromatic rings. The SMILES string of the molecule is CCCCCc1cc(CCCCC)c2oc(-c3ccc(N4N=C(C=Cc5ccc(C)cc5)CC4c4ccc(C)cc4)cc3)nc2c1. The molecule has 1 aliphatic rings. The third-order valence-electron chi connectivity index (χ3n) is 9.07. The van der Waals surface area contributed by atoms with Gasteiger partial charge in [-0.2, -0.15) is 5.10 Å². The number of oxazole rings is 1. The molecule has 0 saturated carbocycles. The maximum Gasteiger partial charge on any atom is 0.227 e. The van der Waals surface area contributed by atoms with Gasteiger partial charge in [-0.25, -0.2) is 4.98 Å². The van der Waals surface area contributed by atoms with Crippen LogP contribution in [-0.4, -0.2) is 10.7 Å². The molecule has 1 atom stereocenters. The third kappa shape index (κ3) is 7.50. The molecule has 0 N–H and O–H groups in total. The lowest BCUT2D eigenvalue weighted by atomic mass is 9.99. The summed E-state index contributed by atoms with van der Waals surface area (Å²) in [6.07, 6.45) is 14.6. The lowest BCUT2D eigenvalue weighted by Gasteiger charge is -2.24. The molecule has 0 amide bonds. The number of hydrogen-bond acceptors (Lipinski definition) is 4. The highest BCUT2D eigenvalue weighted by atomic mass is 16.3. The number of aromatic nitrogens is 1. The minimum atomic E-state index is 0.130. The number of aryl methyl sites for hydroxylation is 4. The molecule has 1 unspecified atom stereocenters. The van der Waals surface area contributed by atoms with Gasteiger partial charge in [0.1, 0.15) is 5.52 Å². The van der Waals surface area contributed by atoms with Crippen LogP contribution in [0.2, 0.25) is 0 Å². The molecule has 1 aliphatic heterocycles. The number of rotatable bonds is 13. The van der Waals surface area contributed by atoms with E-state index in [9.17, 15) is 0 Å². The first-order valence-electron chi connectivity index (χ1n) is 17.2. The van der Waals surface area contributed by atoms with Gasteiger partial charge in [0.2, 0.25) is 5.89 Å². The second-order valence-corrected chi connectivity index (χ2v) is 12.9. The predicted molar refractivity (Wildman–Crippen MR) is 195 cm³/mol. The van der Waals surface area contributed by atoms with Gasteiger partial charge in [-0.05, 0) is 98.2 Å². The van der Waals surface area contributed by atoms with E-state index in [2.05, 4.69) is 130 Å². The Morgan fingerprint density at radius 2 is 1.43 bits per heavy atom. The molecule has 0 fully saturated rings. The molecule has 236 valence electrons. The smallest absolute Gasteiger partial charge is 0.227 e. The molecular formula is C42H47N3O. The average Bonchev–Trinajstić information content (AvgIpc) is 3.70. The number of anilines is 1. The molecule has 0 aliphatic carbocycles. The zero-order valence-electron chi connectivity index (χ0n) is 27.9. The van der Waals surface area contributed by atoms with Crippen LogP contribution in [0.3, 0.4) is 0 Å². The third-order valence-corrected chi connectivity index (χ3v) is 9.07. The summed E-state index contributed by atoms with van der Waals surface area (Å²) in [5.41, 5.74) is 12.7. The number of allylic oxidation sites excluding steroid dienone is 1. The minimum absolute atomic E-state index is 0.130. The highest BCUT2D eigenvalue weighted by Crippen LogP contribution is 2.37. The first kappa shape index (κ1) is 31.5. The second kappa shape index (κ2) is 14.8. The standard InChI is InChI=1S/C42H47N3O/c1-5-7-9-11-33-27-36(12-10-8-6-2)41-39(28-33)43-42(46-41)35-22-25-38(26-23-35)45-40(34-20-15-31(4)16-21-34)29-37(44-45)24-19-32-17-13-30(3)14-18-32/h13-28,40H,5-12,29H2,1-4H3. The van der Waals surface area contributed by atoms with E-state index in [-0.39, 0.29) is 6.04 Å². The van der Waals surface area contributed by atoms with Crippen molar-refractivity contribution < 1.29 is 4.42 Å². The molecule has 4 heteroatoms. The Bertz CT molecular complexity index is 1790. The van der Waals surface area contributed by atoms with Crippen LogP contribution >= 0.6 is 0 Å². The average molecular weight is 610 g/mol. The summed E-state index contributed by atoms with van der Waals surface area (Å²) in [4.78, 5) is 5.01. The van der Waals surface area contributed by atoms with Crippen molar-refractivity contribution in [1.29, 1.82) is 0 Å². The zero-order valence-corrected chi connectivity index (χ0v) is 27.9. The van der Waals surface area contributed by atoms with Gasteiger partial charge in [-0.3, -0.25) is 5.01 Å². The van der Waals surface area contributed by atoms with E-state index in [0.717, 1.165) is 47.3 Å². The van der Waals surface area contributed by atoms with Crippen molar-refractivity contribution in [2.24, 2.45) is 5.10 Å². The normalized spacial score (nSPS) is 14.9. The van der Waals surface area contributed by atoms with Gasteiger partial charge < -0.3 is 4.42 Å². The van der Waals surface area contributed by atoms with Crippen LogP contribution in [-0.2, 0) is 12.8 Å². The first-order chi connectivity index (χ1) is 22.5. The van der Waals surface area contributed by atoms with Crippen LogP contribution in [0.15, 0.2) is 101 Å². The summed E-state index contributed by atoms with van der Waals surface area (Å²) < 4.78 is 6.50. The largest absolute Gasteiger partial charge is 0.436 e. The fourth-order valence-electron chi connectivity index (χ4n) is 6.31. The summed E-state index contributed by atoms with van der Waals surface area (Å²) in [5, 5.41) is 7.29. The van der Waals surface area contributed by atoms with E-state index in [1.807, 2.05) is 0 Å². The molecule has 46 heavy (non-hydrogen) atoms. The van der Waals surface area contributed by atoms with E-state index < -0.39 is 0 Å². The maximum absolute atomic E-state index is 6.50. The predicted octanol–water partition coefficient (Wildman–Crippen LogP) is 11.6. The lowest BCUT2D eigenvalue weighted by molar-refractivity contribution is 0.611. The fraction of sp³-hybridized carbons (Fsp3) is 0.333. The molecule has 0 spiro atoms. The lowest BCUT2D eigenvalue weighted by Crippen LogP contribution is -2.18. The number of unbranched alkanes of at least 4 members (excludes halogenated alkanes) is 4. The molecule has 0 radical (unpaired) electrons. The highest BCUT2D eigenvalue weighted by Gasteiger charge is 2.28. The Hall–Kier alpha value is -4.44. The number of nitrogens with zero attached hydrogens (tertiary/aromatic N) is 3. The summed E-state index contributed by atoms with van der Waals surface area (Å²) in [6, 6.07) is 30.8. The Morgan fingerprint density at radius 1 is 0.761 bits per heavy atom. The Balaban J connectivity index is 1.28. The quantitative estimate of drug-likeness (QED) is 0.125. The van der Waals surface area contributed by atoms with Crippen molar-refractivity contribution in [3.63, 3.8) is 0 Å². The Kier molecular flexibility index (Phi) is 10.1. The van der Waals surface area contributed by atoms with Crippen molar-refractivity contribution in [3.8, 4) is 11.5 Å². The Morgan fingerprint density at radius 3 is 2.13 bits per heavy atom. The topological polar surface area (TPSA) is 41.6 Å². The Labute approximate surface area is 274 Å². The van der Waals surface area contributed by atoms with Crippen molar-refractivity contribution >= 4 is 28.6 Å². The molecule has 2 heterocycles. The van der Waals surface area contributed by atoms with Gasteiger partial charge >= 0.3 is 0 Å². The van der Waals surface area contributed by atoms with Crippen LogP contribution in [0, 0.1) is 13.8 Å². The molecule has 4 aromatic carbocycles. The van der Waals surface area contributed by atoms with Crippen LogP contribution in [0.5, 0.6) is 0 Å². The van der Waals surface area contributed by atoms with Crippen molar-refractivity contribution in [2.75, 3.05) is 5.01 Å². The number of benzene rings is 4. The fourth-order valence-corrected chi connectivity index (χ4v) is 6.31. The van der Waals surface area contributed by atoms with Crippen molar-refractivity contribution in [1.82, 2.24) is 4.98 Å². The number of hydrogen-bond donors (Lipinski definition) is 0. The minimum Gasteiger partial charge on any atom is -0.436 e. The van der Waals surface area contributed by atoms with E-state index in [1.165, 1.54) is 71.9 Å². The summed E-state index contributed by atoms with van der Waals surface area (Å²) in [5.74, 6) is 0.686. The molecule has 4 nitrogen and oxygen atoms in total. The highest BCUT2D eigenvalue weighted by molar-refractivity contribution is 6.01. The van der Waals surface area contributed by atoms with E-state index in [1.54, 1.807) is 0 Å². The zero-order chi connectivity index (χ0) is 31.9. The molecule has 0 saturated heterocycles. The van der Waals surface area contributed by atoms with Gasteiger partial charge in [-0.1, -0.05) is 111 Å². The van der Waals surface area contributed by atoms with Gasteiger partial charge in [0.05, 0.1) is 17.4 Å². The molecule has 6 rings (SSSR count).